The van der Waals surface area contributed by atoms with Crippen molar-refractivity contribution in [1.82, 2.24) is 0 Å². The van der Waals surface area contributed by atoms with Gasteiger partial charge in [0.15, 0.2) is 0 Å². The van der Waals surface area contributed by atoms with Gasteiger partial charge in [-0.05, 0) is 90.9 Å². The van der Waals surface area contributed by atoms with E-state index in [4.69, 9.17) is 4.74 Å². The van der Waals surface area contributed by atoms with Crippen molar-refractivity contribution in [3.63, 3.8) is 0 Å². The van der Waals surface area contributed by atoms with Crippen LogP contribution in [0, 0.1) is 29.2 Å². The Kier molecular flexibility index (Phi) is 3.94. The van der Waals surface area contributed by atoms with Gasteiger partial charge in [-0.15, -0.1) is 0 Å². The topological polar surface area (TPSA) is 9.23 Å². The van der Waals surface area contributed by atoms with Crippen LogP contribution < -0.4 is 4.74 Å². The van der Waals surface area contributed by atoms with Crippen molar-refractivity contribution in [3.8, 4) is 5.75 Å². The molecule has 0 N–H and O–H groups in total. The van der Waals surface area contributed by atoms with E-state index in [-0.39, 0.29) is 0 Å². The summed E-state index contributed by atoms with van der Waals surface area (Å²) in [4.78, 5) is 0. The van der Waals surface area contributed by atoms with Crippen LogP contribution in [0.2, 0.25) is 0 Å². The van der Waals surface area contributed by atoms with Crippen LogP contribution >= 0.6 is 0 Å². The summed E-state index contributed by atoms with van der Waals surface area (Å²) in [6.45, 7) is 5.01. The first-order chi connectivity index (χ1) is 11.2. The van der Waals surface area contributed by atoms with E-state index in [1.54, 1.807) is 18.2 Å². The van der Waals surface area contributed by atoms with Gasteiger partial charge < -0.3 is 4.74 Å². The van der Waals surface area contributed by atoms with Gasteiger partial charge in [0, 0.05) is 6.07 Å². The van der Waals surface area contributed by atoms with E-state index in [2.05, 4.69) is 32.0 Å². The normalized spacial score (nSPS) is 39.1. The largest absolute Gasteiger partial charge is 0.496 e. The minimum atomic E-state index is 0.641. The minimum absolute atomic E-state index is 0.641. The van der Waals surface area contributed by atoms with Gasteiger partial charge in [0.25, 0.3) is 0 Å². The molecule has 0 spiro atoms. The molecule has 2 saturated carbocycles. The quantitative estimate of drug-likeness (QED) is 0.674. The molecule has 1 aromatic rings. The highest BCUT2D eigenvalue weighted by atomic mass is 16.5. The van der Waals surface area contributed by atoms with E-state index in [1.165, 1.54) is 51.4 Å². The van der Waals surface area contributed by atoms with Crippen LogP contribution in [0.1, 0.15) is 75.8 Å². The summed E-state index contributed by atoms with van der Waals surface area (Å²) in [6.07, 6.45) is 11.3. The smallest absolute Gasteiger partial charge is 0.127 e. The van der Waals surface area contributed by atoms with Gasteiger partial charge in [0.2, 0.25) is 0 Å². The van der Waals surface area contributed by atoms with Gasteiger partial charge in [0.05, 0.1) is 7.11 Å². The molecule has 3 aliphatic rings. The Morgan fingerprint density at radius 3 is 2.91 bits per heavy atom. The fraction of sp³-hybridized carbons (Fsp3) is 0.727. The van der Waals surface area contributed by atoms with Crippen LogP contribution in [0.3, 0.4) is 0 Å². The van der Waals surface area contributed by atoms with Crippen molar-refractivity contribution >= 4 is 0 Å². The van der Waals surface area contributed by atoms with Crippen molar-refractivity contribution < 1.29 is 4.74 Å². The number of aryl methyl sites for hydroxylation is 1. The summed E-state index contributed by atoms with van der Waals surface area (Å²) in [5.41, 5.74) is 3.78. The summed E-state index contributed by atoms with van der Waals surface area (Å²) in [7, 11) is 1.77. The van der Waals surface area contributed by atoms with Crippen molar-refractivity contribution in [2.45, 2.75) is 71.1 Å². The molecule has 3 aliphatic carbocycles. The predicted molar refractivity (Wildman–Crippen MR) is 94.8 cm³/mol. The molecular formula is C22H31O. The highest BCUT2D eigenvalue weighted by molar-refractivity contribution is 5.40. The second kappa shape index (κ2) is 5.83. The summed E-state index contributed by atoms with van der Waals surface area (Å²) >= 11 is 0. The van der Waals surface area contributed by atoms with Crippen LogP contribution in [0.4, 0.5) is 0 Å². The number of ether oxygens (including phenoxy) is 1. The summed E-state index contributed by atoms with van der Waals surface area (Å²) in [5, 5.41) is 0. The average molecular weight is 311 g/mol. The number of hydrogen-bond donors (Lipinski definition) is 0. The van der Waals surface area contributed by atoms with Crippen LogP contribution in [0.5, 0.6) is 5.75 Å². The molecule has 5 atom stereocenters. The van der Waals surface area contributed by atoms with E-state index in [0.29, 0.717) is 5.41 Å². The number of methoxy groups -OCH3 is 1. The summed E-state index contributed by atoms with van der Waals surface area (Å²) < 4.78 is 5.47. The van der Waals surface area contributed by atoms with Crippen molar-refractivity contribution in [3.05, 3.63) is 29.3 Å². The molecule has 0 aromatic heterocycles. The fourth-order valence-corrected chi connectivity index (χ4v) is 6.67. The van der Waals surface area contributed by atoms with Gasteiger partial charge in [-0.25, -0.2) is 0 Å². The maximum atomic E-state index is 5.47. The second-order valence-electron chi connectivity index (χ2n) is 8.35. The SMILES string of the molecule is CC[C@]12CC[C@@H]3c4cc(OC)[c]cc4CC[C@H]3[C@@H]1CCCC2C. The summed E-state index contributed by atoms with van der Waals surface area (Å²) in [5.74, 6) is 4.49. The third-order valence-corrected chi connectivity index (χ3v) is 7.90. The first kappa shape index (κ1) is 15.5. The predicted octanol–water partition coefficient (Wildman–Crippen LogP) is 5.77. The zero-order valence-corrected chi connectivity index (χ0v) is 15.0. The van der Waals surface area contributed by atoms with E-state index >= 15 is 0 Å². The molecule has 0 bridgehead atoms. The lowest BCUT2D eigenvalue weighted by Gasteiger charge is -2.58. The molecule has 2 fully saturated rings. The number of benzene rings is 1. The van der Waals surface area contributed by atoms with Gasteiger partial charge in [0.1, 0.15) is 5.75 Å². The van der Waals surface area contributed by atoms with Crippen molar-refractivity contribution in [2.24, 2.45) is 23.2 Å². The van der Waals surface area contributed by atoms with Gasteiger partial charge in [-0.2, -0.15) is 0 Å². The van der Waals surface area contributed by atoms with Gasteiger partial charge in [-0.3, -0.25) is 0 Å². The van der Waals surface area contributed by atoms with E-state index in [1.807, 2.05) is 0 Å². The van der Waals surface area contributed by atoms with Crippen LogP contribution in [-0.4, -0.2) is 7.11 Å². The van der Waals surface area contributed by atoms with E-state index in [0.717, 1.165) is 29.4 Å². The Balaban J connectivity index is 1.71. The average Bonchev–Trinajstić information content (AvgIpc) is 2.61. The lowest BCUT2D eigenvalue weighted by atomic mass is 9.47. The number of rotatable bonds is 2. The molecule has 0 aliphatic heterocycles. The van der Waals surface area contributed by atoms with Gasteiger partial charge >= 0.3 is 0 Å². The molecule has 1 aromatic carbocycles. The zero-order chi connectivity index (χ0) is 16.0. The zero-order valence-electron chi connectivity index (χ0n) is 15.0. The fourth-order valence-electron chi connectivity index (χ4n) is 6.67. The highest BCUT2D eigenvalue weighted by Gasteiger charge is 2.52. The van der Waals surface area contributed by atoms with Crippen molar-refractivity contribution in [1.29, 1.82) is 0 Å². The Morgan fingerprint density at radius 2 is 2.13 bits per heavy atom. The maximum absolute atomic E-state index is 5.47. The molecule has 23 heavy (non-hydrogen) atoms. The van der Waals surface area contributed by atoms with E-state index < -0.39 is 0 Å². The Hall–Kier alpha value is -0.980. The second-order valence-corrected chi connectivity index (χ2v) is 8.35. The van der Waals surface area contributed by atoms with Gasteiger partial charge in [-0.1, -0.05) is 26.7 Å². The standard InChI is InChI=1S/C22H31O/c1-4-22-13-12-18-19(21(22)7-5-6-15(22)2)11-9-16-8-10-17(23-3)14-20(16)18/h8,14-15,18-19,21H,4-7,9,11-13H2,1-3H3/t15?,18-,19+,21-,22+/m0/s1. The maximum Gasteiger partial charge on any atom is 0.127 e. The molecule has 0 heterocycles. The third kappa shape index (κ3) is 2.26. The molecule has 0 amide bonds. The number of fused-ring (bicyclic) bond motifs is 5. The van der Waals surface area contributed by atoms with Crippen LogP contribution in [0.15, 0.2) is 12.1 Å². The lowest BCUT2D eigenvalue weighted by Crippen LogP contribution is -2.49. The first-order valence-electron chi connectivity index (χ1n) is 9.78. The molecule has 1 radical (unpaired) electrons. The van der Waals surface area contributed by atoms with Crippen molar-refractivity contribution in [2.75, 3.05) is 7.11 Å². The Bertz CT molecular complexity index is 577. The molecule has 125 valence electrons. The monoisotopic (exact) mass is 311 g/mol. The van der Waals surface area contributed by atoms with Crippen LogP contribution in [0.25, 0.3) is 0 Å². The molecule has 1 nitrogen and oxygen atoms in total. The van der Waals surface area contributed by atoms with Crippen LogP contribution in [-0.2, 0) is 6.42 Å². The molecule has 1 heteroatoms. The highest BCUT2D eigenvalue weighted by Crippen LogP contribution is 2.62. The third-order valence-electron chi connectivity index (χ3n) is 7.90. The Labute approximate surface area is 141 Å². The molecule has 1 unspecified atom stereocenters. The lowest BCUT2D eigenvalue weighted by molar-refractivity contribution is -0.0603. The molecular weight excluding hydrogens is 280 g/mol. The number of hydrogen-bond acceptors (Lipinski definition) is 1. The summed E-state index contributed by atoms with van der Waals surface area (Å²) in [6, 6.07) is 7.81. The first-order valence-corrected chi connectivity index (χ1v) is 9.78. The molecule has 4 rings (SSSR count). The minimum Gasteiger partial charge on any atom is -0.496 e. The van der Waals surface area contributed by atoms with E-state index in [9.17, 15) is 0 Å². The Morgan fingerprint density at radius 1 is 1.26 bits per heavy atom. The molecule has 0 saturated heterocycles.